The van der Waals surface area contributed by atoms with Crippen LogP contribution in [0.3, 0.4) is 0 Å². The second-order valence-corrected chi connectivity index (χ2v) is 29.4. The number of amides is 6. The van der Waals surface area contributed by atoms with E-state index < -0.39 is 114 Å². The summed E-state index contributed by atoms with van der Waals surface area (Å²) in [6.07, 6.45) is 0.295. The Balaban J connectivity index is 1.21. The number of hydrogen-bond donors (Lipinski definition) is 4. The molecule has 554 valence electrons. The van der Waals surface area contributed by atoms with Crippen LogP contribution in [0, 0.1) is 59.2 Å². The molecule has 13 atom stereocenters. The minimum Gasteiger partial charge on any atom is -0.445 e. The number of ketones is 3. The van der Waals surface area contributed by atoms with E-state index in [0.717, 1.165) is 48.3 Å². The minimum atomic E-state index is -4.69. The van der Waals surface area contributed by atoms with Crippen LogP contribution in [0.1, 0.15) is 189 Å². The number of halogens is 3. The molecule has 20 nitrogen and oxygen atoms in total. The van der Waals surface area contributed by atoms with Gasteiger partial charge in [-0.3, -0.25) is 48.6 Å². The number of aliphatic hydroxyl groups excluding tert-OH is 1. The molecular weight excluding hydrogens is 1280 g/mol. The highest BCUT2D eigenvalue weighted by molar-refractivity contribution is 6.12. The Bertz CT molecular complexity index is 2960. The molecule has 2 fully saturated rings. The predicted molar refractivity (Wildman–Crippen MR) is 374 cm³/mol. The van der Waals surface area contributed by atoms with E-state index in [-0.39, 0.29) is 98.7 Å². The normalized spacial score (nSPS) is 20.4. The number of hydrogen-bond acceptors (Lipinski definition) is 15. The summed E-state index contributed by atoms with van der Waals surface area (Å²) in [4.78, 5) is 130. The molecule has 0 spiro atoms. The number of carbonyl (C=O) groups excluding carboxylic acids is 9. The number of carbonyl (C=O) groups is 9. The molecule has 99 heavy (non-hydrogen) atoms. The van der Waals surface area contributed by atoms with E-state index in [4.69, 9.17) is 19.9 Å². The van der Waals surface area contributed by atoms with E-state index in [9.17, 15) is 61.4 Å². The fraction of sp³-hybridized carbons (Fsp3) is 0.697. The summed E-state index contributed by atoms with van der Waals surface area (Å²) < 4.78 is 61.7. The summed E-state index contributed by atoms with van der Waals surface area (Å²) in [5.41, 5.74) is 7.64. The Morgan fingerprint density at radius 3 is 1.90 bits per heavy atom. The van der Waals surface area contributed by atoms with Crippen molar-refractivity contribution in [3.05, 3.63) is 77.9 Å². The van der Waals surface area contributed by atoms with Crippen LogP contribution in [0.4, 0.5) is 23.7 Å². The number of nitrogens with one attached hydrogen (secondary N) is 2. The minimum absolute atomic E-state index is 0.0608. The maximum absolute atomic E-state index is 14.9. The lowest BCUT2D eigenvalue weighted by atomic mass is 9.76. The van der Waals surface area contributed by atoms with Crippen LogP contribution in [0.2, 0.25) is 0 Å². The molecule has 2 heterocycles. The van der Waals surface area contributed by atoms with Gasteiger partial charge in [-0.05, 0) is 116 Å². The summed E-state index contributed by atoms with van der Waals surface area (Å²) >= 11 is 0. The molecular formula is C76H116F3N7O13. The number of nitrogens with zero attached hydrogens (tertiary/aromatic N) is 4. The lowest BCUT2D eigenvalue weighted by Gasteiger charge is -2.41. The Labute approximate surface area is 586 Å². The van der Waals surface area contributed by atoms with Crippen molar-refractivity contribution in [3.8, 4) is 0 Å². The van der Waals surface area contributed by atoms with Crippen molar-refractivity contribution in [2.24, 2.45) is 64.9 Å². The van der Waals surface area contributed by atoms with Gasteiger partial charge in [0.2, 0.25) is 17.7 Å². The summed E-state index contributed by atoms with van der Waals surface area (Å²) in [6, 6.07) is 10.6. The number of likely N-dealkylation sites (N-methyl/N-ethyl adjacent to an activating group) is 2. The largest absolute Gasteiger partial charge is 0.445 e. The quantitative estimate of drug-likeness (QED) is 0.0356. The molecule has 2 aliphatic heterocycles. The molecule has 5 rings (SSSR count). The highest BCUT2D eigenvalue weighted by Crippen LogP contribution is 2.37. The zero-order valence-corrected chi connectivity index (χ0v) is 61.2. The van der Waals surface area contributed by atoms with E-state index in [1.165, 1.54) is 19.1 Å². The van der Waals surface area contributed by atoms with Crippen molar-refractivity contribution >= 4 is 58.7 Å². The summed E-state index contributed by atoms with van der Waals surface area (Å²) in [5, 5.41) is 16.6. The maximum Gasteiger partial charge on any atom is 0.410 e. The predicted octanol–water partition coefficient (Wildman–Crippen LogP) is 11.5. The van der Waals surface area contributed by atoms with Gasteiger partial charge < -0.3 is 45.1 Å². The third-order valence-corrected chi connectivity index (χ3v) is 21.1. The third kappa shape index (κ3) is 23.8. The second kappa shape index (κ2) is 39.7. The first-order chi connectivity index (χ1) is 46.8. The number of Topliss-reactive ketones (excluding diaryl/α,β-unsaturated/α-hetero) is 3. The van der Waals surface area contributed by atoms with E-state index in [1.807, 2.05) is 71.9 Å². The van der Waals surface area contributed by atoms with Crippen molar-refractivity contribution in [2.75, 3.05) is 53.3 Å². The molecule has 1 aliphatic carbocycles. The first-order valence-corrected chi connectivity index (χ1v) is 36.1. The molecule has 13 unspecified atom stereocenters. The number of alkyl halides is 3. The summed E-state index contributed by atoms with van der Waals surface area (Å²) in [5.74, 6) is -6.38. The first kappa shape index (κ1) is 83.3. The SMILES string of the molecule is CCC(C)C(C(CC(=O)N1CCCC1C(OC)C(C)C(=O)CC(C)C(O)c1ccccc1)OC)N(C)C(=O)C(CC(=O)C(C(C)C)N(C)C(=O)OCc1ccc(NC(=O)C(CC(=O)C(NC(CCCCCN2C(=O)C=CC2=O)C(F)(F)F)C(C)C)CC2CCC(CN)CC2)cc1)C(C)C. The monoisotopic (exact) mass is 1390 g/mol. The van der Waals surface area contributed by atoms with Gasteiger partial charge in [0.25, 0.3) is 11.8 Å². The van der Waals surface area contributed by atoms with Crippen molar-refractivity contribution in [1.29, 1.82) is 0 Å². The Kier molecular flexibility index (Phi) is 33.4. The number of aliphatic hydroxyl groups is 1. The van der Waals surface area contributed by atoms with Crippen molar-refractivity contribution < 1.29 is 75.6 Å². The smallest absolute Gasteiger partial charge is 0.410 e. The van der Waals surface area contributed by atoms with Crippen LogP contribution in [0.25, 0.3) is 0 Å². The van der Waals surface area contributed by atoms with Gasteiger partial charge in [0, 0.05) is 96.3 Å². The molecule has 5 N–H and O–H groups in total. The number of unbranched alkanes of at least 4 members (excludes halogenated alkanes) is 2. The zero-order chi connectivity index (χ0) is 73.6. The standard InChI is InChI=1S/C76H116F3N7O13/c1-15-49(8)70(63(97-13)43-67(92)85-38-22-25-59(85)72(98-14)51(10)60(87)39-50(9)71(93)55-23-18-16-19-24-55)83(11)74(95)58(46(2)3)42-62(89)69(48(6)7)84(12)75(96)99-45-54-31-33-57(34-32-54)81-73(94)56(40-52-27-29-53(44-80)30-28-52)41-61(88)68(47(4)5)82-64(76(77,78)79)26-20-17-21-37-86-65(90)35-36-66(86)91/h16,18-19,23-24,31-36,46-53,56,58-59,63-64,68-72,82,93H,15,17,20-22,25-30,37-45,80H2,1-14H3,(H,81,94). The maximum atomic E-state index is 14.9. The second-order valence-electron chi connectivity index (χ2n) is 29.4. The van der Waals surface area contributed by atoms with Gasteiger partial charge in [0.05, 0.1) is 48.9 Å². The number of benzene rings is 2. The zero-order valence-electron chi connectivity index (χ0n) is 61.2. The van der Waals surface area contributed by atoms with Crippen LogP contribution in [-0.4, -0.2) is 174 Å². The van der Waals surface area contributed by atoms with Gasteiger partial charge in [-0.2, -0.15) is 13.2 Å². The number of rotatable bonds is 41. The van der Waals surface area contributed by atoms with Gasteiger partial charge in [-0.15, -0.1) is 0 Å². The first-order valence-electron chi connectivity index (χ1n) is 36.1. The molecule has 1 saturated heterocycles. The molecule has 0 radical (unpaired) electrons. The molecule has 0 aromatic heterocycles. The molecule has 6 amide bonds. The van der Waals surface area contributed by atoms with Gasteiger partial charge in [0.15, 0.2) is 11.6 Å². The highest BCUT2D eigenvalue weighted by atomic mass is 19.4. The number of likely N-dealkylation sites (tertiary alicyclic amines) is 1. The molecule has 2 aromatic rings. The Morgan fingerprint density at radius 2 is 1.34 bits per heavy atom. The number of ether oxygens (including phenoxy) is 3. The van der Waals surface area contributed by atoms with E-state index in [1.54, 1.807) is 75.9 Å². The molecule has 0 bridgehead atoms. The topological polar surface area (TPSA) is 265 Å². The van der Waals surface area contributed by atoms with Crippen LogP contribution in [-0.2, 0) is 59.2 Å². The Hall–Kier alpha value is -6.40. The van der Waals surface area contributed by atoms with Gasteiger partial charge in [-0.1, -0.05) is 144 Å². The van der Waals surface area contributed by atoms with Gasteiger partial charge in [0.1, 0.15) is 18.4 Å². The number of methoxy groups -OCH3 is 2. The lowest BCUT2D eigenvalue weighted by molar-refractivity contribution is -0.161. The molecule has 3 aliphatic rings. The molecule has 1 saturated carbocycles. The Morgan fingerprint density at radius 1 is 0.717 bits per heavy atom. The number of nitrogens with two attached hydrogens (primary N) is 1. The molecule has 23 heteroatoms. The van der Waals surface area contributed by atoms with Crippen LogP contribution >= 0.6 is 0 Å². The van der Waals surface area contributed by atoms with Crippen molar-refractivity contribution in [3.63, 3.8) is 0 Å². The number of anilines is 1. The fourth-order valence-electron chi connectivity index (χ4n) is 14.9. The average Bonchev–Trinajstić information content (AvgIpc) is 1.79. The summed E-state index contributed by atoms with van der Waals surface area (Å²) in [7, 11) is 6.23. The highest BCUT2D eigenvalue weighted by Gasteiger charge is 2.46. The van der Waals surface area contributed by atoms with Gasteiger partial charge >= 0.3 is 12.3 Å². The van der Waals surface area contributed by atoms with E-state index >= 15 is 0 Å². The van der Waals surface area contributed by atoms with Crippen LogP contribution < -0.4 is 16.4 Å². The fourth-order valence-corrected chi connectivity index (χ4v) is 14.9. The van der Waals surface area contributed by atoms with E-state index in [2.05, 4.69) is 10.6 Å². The van der Waals surface area contributed by atoms with Crippen LogP contribution in [0.5, 0.6) is 0 Å². The number of imide groups is 1. The molecule has 2 aromatic carbocycles. The summed E-state index contributed by atoms with van der Waals surface area (Å²) in [6.45, 7) is 19.2. The lowest BCUT2D eigenvalue weighted by Crippen LogP contribution is -2.54. The van der Waals surface area contributed by atoms with Crippen molar-refractivity contribution in [2.45, 2.75) is 233 Å². The van der Waals surface area contributed by atoms with E-state index in [0.29, 0.717) is 68.8 Å². The average molecular weight is 1390 g/mol. The van der Waals surface area contributed by atoms with Gasteiger partial charge in [-0.25, -0.2) is 4.79 Å². The van der Waals surface area contributed by atoms with Crippen molar-refractivity contribution in [1.82, 2.24) is 24.9 Å². The third-order valence-electron chi connectivity index (χ3n) is 21.1. The van der Waals surface area contributed by atoms with Crippen LogP contribution in [0.15, 0.2) is 66.7 Å².